The van der Waals surface area contributed by atoms with Gasteiger partial charge in [0.05, 0.1) is 12.2 Å². The number of hydrogen-bond donors (Lipinski definition) is 2. The molecule has 0 aliphatic carbocycles. The van der Waals surface area contributed by atoms with E-state index in [9.17, 15) is 19.5 Å². The van der Waals surface area contributed by atoms with Gasteiger partial charge in [0.2, 0.25) is 0 Å². The summed E-state index contributed by atoms with van der Waals surface area (Å²) in [6.45, 7) is 8.07. The van der Waals surface area contributed by atoms with Crippen LogP contribution in [0.4, 0.5) is 0 Å². The van der Waals surface area contributed by atoms with Crippen molar-refractivity contribution >= 4 is 23.4 Å². The minimum Gasteiger partial charge on any atom is -0.507 e. The lowest BCUT2D eigenvalue weighted by Gasteiger charge is -2.24. The van der Waals surface area contributed by atoms with Crippen LogP contribution in [0.25, 0.3) is 5.76 Å². The predicted molar refractivity (Wildman–Crippen MR) is 122 cm³/mol. The first-order chi connectivity index (χ1) is 15.6. The van der Waals surface area contributed by atoms with Crippen LogP contribution in [0.3, 0.4) is 0 Å². The number of carbonyl (C=O) groups is 3. The van der Waals surface area contributed by atoms with Crippen molar-refractivity contribution in [3.05, 3.63) is 51.7 Å². The third kappa shape index (κ3) is 4.59. The Kier molecular flexibility index (Phi) is 7.12. The molecular formula is C24H31N3O6. The van der Waals surface area contributed by atoms with E-state index in [0.717, 1.165) is 6.54 Å². The summed E-state index contributed by atoms with van der Waals surface area (Å²) in [4.78, 5) is 44.8. The number of likely N-dealkylation sites (tertiary alicyclic amines) is 1. The molecule has 9 heteroatoms. The molecule has 1 aliphatic heterocycles. The summed E-state index contributed by atoms with van der Waals surface area (Å²) in [7, 11) is 3.86. The lowest BCUT2D eigenvalue weighted by atomic mass is 9.97. The number of furan rings is 1. The lowest BCUT2D eigenvalue weighted by molar-refractivity contribution is -0.140. The van der Waals surface area contributed by atoms with Crippen LogP contribution in [-0.4, -0.2) is 71.3 Å². The molecule has 2 aromatic heterocycles. The molecule has 0 radical (unpaired) electrons. The van der Waals surface area contributed by atoms with Crippen LogP contribution >= 0.6 is 0 Å². The van der Waals surface area contributed by atoms with Gasteiger partial charge in [-0.15, -0.1) is 0 Å². The minimum atomic E-state index is -0.861. The number of aromatic nitrogens is 1. The molecular weight excluding hydrogens is 426 g/mol. The average molecular weight is 458 g/mol. The summed E-state index contributed by atoms with van der Waals surface area (Å²) >= 11 is 0. The Hall–Kier alpha value is -3.33. The third-order valence-corrected chi connectivity index (χ3v) is 5.73. The van der Waals surface area contributed by atoms with Crippen molar-refractivity contribution in [2.75, 3.05) is 33.8 Å². The van der Waals surface area contributed by atoms with Gasteiger partial charge in [-0.1, -0.05) is 0 Å². The molecule has 0 spiro atoms. The van der Waals surface area contributed by atoms with Gasteiger partial charge in [-0.25, -0.2) is 4.79 Å². The summed E-state index contributed by atoms with van der Waals surface area (Å²) in [5.74, 6) is -1.35. The largest absolute Gasteiger partial charge is 0.507 e. The van der Waals surface area contributed by atoms with E-state index >= 15 is 0 Å². The molecule has 178 valence electrons. The number of ketones is 1. The van der Waals surface area contributed by atoms with E-state index in [2.05, 4.69) is 4.98 Å². The number of aliphatic hydroxyl groups is 1. The maximum Gasteiger partial charge on any atom is 0.355 e. The van der Waals surface area contributed by atoms with Crippen LogP contribution < -0.4 is 0 Å². The zero-order valence-corrected chi connectivity index (χ0v) is 19.9. The van der Waals surface area contributed by atoms with Crippen LogP contribution in [-0.2, 0) is 14.3 Å². The Morgan fingerprint density at radius 2 is 1.94 bits per heavy atom. The molecule has 0 unspecified atom stereocenters. The van der Waals surface area contributed by atoms with Gasteiger partial charge in [-0.3, -0.25) is 9.59 Å². The highest BCUT2D eigenvalue weighted by Crippen LogP contribution is 2.41. The number of hydrogen-bond acceptors (Lipinski definition) is 7. The molecule has 3 rings (SSSR count). The molecule has 9 nitrogen and oxygen atoms in total. The van der Waals surface area contributed by atoms with Crippen molar-refractivity contribution in [1.82, 2.24) is 14.8 Å². The van der Waals surface area contributed by atoms with Crippen molar-refractivity contribution in [3.63, 3.8) is 0 Å². The summed E-state index contributed by atoms with van der Waals surface area (Å²) in [6.07, 6.45) is 0.644. The second kappa shape index (κ2) is 9.66. The highest BCUT2D eigenvalue weighted by atomic mass is 16.5. The van der Waals surface area contributed by atoms with Gasteiger partial charge in [0.15, 0.2) is 0 Å². The smallest absolute Gasteiger partial charge is 0.355 e. The quantitative estimate of drug-likeness (QED) is 0.271. The first-order valence-electron chi connectivity index (χ1n) is 10.9. The van der Waals surface area contributed by atoms with Gasteiger partial charge in [0.1, 0.15) is 29.0 Å². The van der Waals surface area contributed by atoms with Gasteiger partial charge in [0.25, 0.3) is 11.7 Å². The Morgan fingerprint density at radius 3 is 2.52 bits per heavy atom. The number of Topliss-reactive ketones (excluding diaryl/α,β-unsaturated/α-hetero) is 1. The number of esters is 1. The number of aryl methyl sites for hydroxylation is 2. The van der Waals surface area contributed by atoms with E-state index < -0.39 is 23.7 Å². The number of H-pyrrole nitrogens is 1. The maximum atomic E-state index is 13.1. The highest BCUT2D eigenvalue weighted by molar-refractivity contribution is 6.46. The van der Waals surface area contributed by atoms with Crippen LogP contribution in [0.15, 0.2) is 22.1 Å². The molecule has 1 saturated heterocycles. The fraction of sp³-hybridized carbons (Fsp3) is 0.458. The van der Waals surface area contributed by atoms with Crippen molar-refractivity contribution in [2.24, 2.45) is 0 Å². The van der Waals surface area contributed by atoms with Crippen LogP contribution in [0.1, 0.15) is 58.2 Å². The van der Waals surface area contributed by atoms with E-state index in [1.54, 1.807) is 39.8 Å². The van der Waals surface area contributed by atoms with Gasteiger partial charge in [0, 0.05) is 17.8 Å². The number of amides is 1. The first-order valence-corrected chi connectivity index (χ1v) is 10.9. The molecule has 2 N–H and O–H groups in total. The first kappa shape index (κ1) is 24.3. The topological polar surface area (TPSA) is 116 Å². The number of nitrogens with zero attached hydrogens (tertiary/aromatic N) is 2. The molecule has 1 atom stereocenters. The van der Waals surface area contributed by atoms with Gasteiger partial charge >= 0.3 is 5.97 Å². The van der Waals surface area contributed by atoms with E-state index in [1.807, 2.05) is 19.0 Å². The Balaban J connectivity index is 2.13. The zero-order valence-electron chi connectivity index (χ0n) is 19.9. The van der Waals surface area contributed by atoms with Crippen LogP contribution in [0, 0.1) is 20.8 Å². The predicted octanol–water partition coefficient (Wildman–Crippen LogP) is 3.08. The maximum absolute atomic E-state index is 13.1. The van der Waals surface area contributed by atoms with Crippen LogP contribution in [0.2, 0.25) is 0 Å². The second-order valence-electron chi connectivity index (χ2n) is 8.44. The van der Waals surface area contributed by atoms with Gasteiger partial charge in [-0.2, -0.15) is 0 Å². The van der Waals surface area contributed by atoms with Crippen molar-refractivity contribution in [1.29, 1.82) is 0 Å². The zero-order chi connectivity index (χ0) is 24.4. The molecule has 0 saturated carbocycles. The molecule has 1 fully saturated rings. The fourth-order valence-corrected chi connectivity index (χ4v) is 4.21. The van der Waals surface area contributed by atoms with Gasteiger partial charge in [-0.05, 0) is 72.5 Å². The Labute approximate surface area is 193 Å². The third-order valence-electron chi connectivity index (χ3n) is 5.73. The van der Waals surface area contributed by atoms with E-state index in [0.29, 0.717) is 41.3 Å². The number of aromatic amines is 1. The number of aliphatic hydroxyl groups excluding tert-OH is 1. The summed E-state index contributed by atoms with van der Waals surface area (Å²) in [6, 6.07) is 2.60. The van der Waals surface area contributed by atoms with E-state index in [4.69, 9.17) is 9.15 Å². The Morgan fingerprint density at radius 1 is 1.24 bits per heavy atom. The monoisotopic (exact) mass is 457 g/mol. The minimum absolute atomic E-state index is 0.0557. The molecule has 0 aromatic carbocycles. The van der Waals surface area contributed by atoms with E-state index in [-0.39, 0.29) is 23.6 Å². The van der Waals surface area contributed by atoms with Crippen molar-refractivity contribution in [2.45, 2.75) is 40.2 Å². The van der Waals surface area contributed by atoms with Crippen molar-refractivity contribution < 1.29 is 28.6 Å². The number of ether oxygens (including phenoxy) is 1. The number of rotatable bonds is 8. The number of nitrogens with one attached hydrogen (secondary N) is 1. The molecule has 33 heavy (non-hydrogen) atoms. The summed E-state index contributed by atoms with van der Waals surface area (Å²) < 4.78 is 10.9. The average Bonchev–Trinajstić information content (AvgIpc) is 3.37. The van der Waals surface area contributed by atoms with E-state index in [1.165, 1.54) is 4.90 Å². The fourth-order valence-electron chi connectivity index (χ4n) is 4.21. The SMILES string of the molecule is CCOC(=O)c1[nH]c(C)c(C(O)=C2C(=O)C(=O)N(CCCN(C)C)[C@H]2c2ccc(C)o2)c1C. The molecule has 2 aromatic rings. The number of carbonyl (C=O) groups excluding carboxylic acids is 3. The Bertz CT molecular complexity index is 1110. The lowest BCUT2D eigenvalue weighted by Crippen LogP contribution is -2.32. The molecule has 0 bridgehead atoms. The molecule has 1 aliphatic rings. The highest BCUT2D eigenvalue weighted by Gasteiger charge is 2.47. The van der Waals surface area contributed by atoms with Crippen LogP contribution in [0.5, 0.6) is 0 Å². The molecule has 3 heterocycles. The normalized spacial score (nSPS) is 17.9. The standard InChI is InChI=1S/C24H31N3O6/c1-7-32-24(31)19-14(3)17(15(4)25-19)21(28)18-20(16-10-9-13(2)33-16)27(23(30)22(18)29)12-8-11-26(5)6/h9-10,20,25,28H,7-8,11-12H2,1-6H3/t20-/m0/s1. The van der Waals surface area contributed by atoms with Crippen molar-refractivity contribution in [3.8, 4) is 0 Å². The molecule has 1 amide bonds. The van der Waals surface area contributed by atoms with Gasteiger partial charge < -0.3 is 29.0 Å². The second-order valence-corrected chi connectivity index (χ2v) is 8.44. The summed E-state index contributed by atoms with van der Waals surface area (Å²) in [5, 5.41) is 11.3. The summed E-state index contributed by atoms with van der Waals surface area (Å²) in [5.41, 5.74) is 1.37.